The van der Waals surface area contributed by atoms with Gasteiger partial charge in [-0.25, -0.2) is 0 Å². The molecule has 2 fully saturated rings. The Hall–Kier alpha value is -1.06. The largest absolute Gasteiger partial charge is 0.371 e. The lowest BCUT2D eigenvalue weighted by molar-refractivity contribution is -0.182. The molecule has 0 saturated carbocycles. The van der Waals surface area contributed by atoms with Gasteiger partial charge in [0.05, 0.1) is 19.8 Å². The van der Waals surface area contributed by atoms with E-state index in [1.165, 1.54) is 5.69 Å². The van der Waals surface area contributed by atoms with E-state index >= 15 is 0 Å². The highest BCUT2D eigenvalue weighted by Gasteiger charge is 2.49. The predicted octanol–water partition coefficient (Wildman–Crippen LogP) is 1.25. The van der Waals surface area contributed by atoms with Crippen molar-refractivity contribution in [3.63, 3.8) is 0 Å². The lowest BCUT2D eigenvalue weighted by atomic mass is 10.1. The number of nitrogens with zero attached hydrogens (tertiary/aromatic N) is 1. The molecule has 0 unspecified atom stereocenters. The first-order chi connectivity index (χ1) is 6.91. The van der Waals surface area contributed by atoms with E-state index in [1.54, 1.807) is 0 Å². The normalized spacial score (nSPS) is 23.9. The molecule has 14 heavy (non-hydrogen) atoms. The molecule has 2 heterocycles. The van der Waals surface area contributed by atoms with E-state index in [0.29, 0.717) is 13.2 Å². The molecule has 2 aliphatic heterocycles. The van der Waals surface area contributed by atoms with E-state index < -0.39 is 0 Å². The van der Waals surface area contributed by atoms with E-state index in [1.807, 2.05) is 6.07 Å². The van der Waals surface area contributed by atoms with Crippen LogP contribution in [0.2, 0.25) is 0 Å². The Bertz CT molecular complexity index is 321. The van der Waals surface area contributed by atoms with Crippen LogP contribution in [0.25, 0.3) is 0 Å². The van der Waals surface area contributed by atoms with Crippen molar-refractivity contribution in [3.05, 3.63) is 30.3 Å². The van der Waals surface area contributed by atoms with E-state index in [-0.39, 0.29) is 5.72 Å². The molecule has 3 heteroatoms. The maximum absolute atomic E-state index is 5.74. The average molecular weight is 191 g/mol. The second-order valence-corrected chi connectivity index (χ2v) is 3.77. The molecular formula is C11H13NO2. The van der Waals surface area contributed by atoms with Crippen LogP contribution in [0.5, 0.6) is 0 Å². The quantitative estimate of drug-likeness (QED) is 0.666. The first-order valence-electron chi connectivity index (χ1n) is 4.95. The highest BCUT2D eigenvalue weighted by molar-refractivity contribution is 5.49. The fourth-order valence-corrected chi connectivity index (χ4v) is 2.10. The summed E-state index contributed by atoms with van der Waals surface area (Å²) in [7, 11) is 0. The SMILES string of the molecule is c1ccc(N2CCOC23COC3)cc1. The van der Waals surface area contributed by atoms with Crippen LogP contribution in [0.3, 0.4) is 0 Å². The van der Waals surface area contributed by atoms with Crippen molar-refractivity contribution < 1.29 is 9.47 Å². The maximum Gasteiger partial charge on any atom is 0.188 e. The molecule has 74 valence electrons. The first kappa shape index (κ1) is 8.26. The Morgan fingerprint density at radius 2 is 1.93 bits per heavy atom. The van der Waals surface area contributed by atoms with Crippen molar-refractivity contribution in [1.82, 2.24) is 0 Å². The molecule has 2 aliphatic rings. The van der Waals surface area contributed by atoms with Gasteiger partial charge in [0.25, 0.3) is 0 Å². The summed E-state index contributed by atoms with van der Waals surface area (Å²) >= 11 is 0. The molecule has 1 aromatic rings. The van der Waals surface area contributed by atoms with Crippen LogP contribution >= 0.6 is 0 Å². The fourth-order valence-electron chi connectivity index (χ4n) is 2.10. The monoisotopic (exact) mass is 191 g/mol. The summed E-state index contributed by atoms with van der Waals surface area (Å²) in [6, 6.07) is 10.4. The molecule has 0 aromatic heterocycles. The highest BCUT2D eigenvalue weighted by atomic mass is 16.6. The number of anilines is 1. The van der Waals surface area contributed by atoms with Crippen LogP contribution in [0.4, 0.5) is 5.69 Å². The van der Waals surface area contributed by atoms with Crippen LogP contribution < -0.4 is 4.90 Å². The predicted molar refractivity (Wildman–Crippen MR) is 53.3 cm³/mol. The van der Waals surface area contributed by atoms with Gasteiger partial charge >= 0.3 is 0 Å². The van der Waals surface area contributed by atoms with Crippen LogP contribution in [0.1, 0.15) is 0 Å². The minimum absolute atomic E-state index is 0.151. The molecule has 0 aliphatic carbocycles. The highest BCUT2D eigenvalue weighted by Crippen LogP contribution is 2.34. The molecule has 0 radical (unpaired) electrons. The van der Waals surface area contributed by atoms with Gasteiger partial charge in [-0.1, -0.05) is 18.2 Å². The summed E-state index contributed by atoms with van der Waals surface area (Å²) in [6.45, 7) is 3.16. The van der Waals surface area contributed by atoms with Gasteiger partial charge in [-0.05, 0) is 12.1 Å². The fraction of sp³-hybridized carbons (Fsp3) is 0.455. The van der Waals surface area contributed by atoms with E-state index in [2.05, 4.69) is 29.2 Å². The van der Waals surface area contributed by atoms with Crippen molar-refractivity contribution in [2.45, 2.75) is 5.72 Å². The molecule has 0 amide bonds. The van der Waals surface area contributed by atoms with Gasteiger partial charge in [-0.15, -0.1) is 0 Å². The van der Waals surface area contributed by atoms with E-state index in [4.69, 9.17) is 9.47 Å². The molecule has 2 saturated heterocycles. The lowest BCUT2D eigenvalue weighted by Crippen LogP contribution is -2.60. The standard InChI is InChI=1S/C11H13NO2/c1-2-4-10(5-3-1)12-6-7-14-11(12)8-13-9-11/h1-5H,6-9H2. The van der Waals surface area contributed by atoms with Gasteiger partial charge in [-0.2, -0.15) is 0 Å². The Morgan fingerprint density at radius 3 is 2.57 bits per heavy atom. The molecule has 3 nitrogen and oxygen atoms in total. The Balaban J connectivity index is 1.91. The average Bonchev–Trinajstić information content (AvgIpc) is 2.62. The molecular weight excluding hydrogens is 178 g/mol. The minimum Gasteiger partial charge on any atom is -0.371 e. The maximum atomic E-state index is 5.74. The van der Waals surface area contributed by atoms with Crippen molar-refractivity contribution >= 4 is 5.69 Å². The van der Waals surface area contributed by atoms with Gasteiger partial charge in [0.15, 0.2) is 5.72 Å². The zero-order valence-corrected chi connectivity index (χ0v) is 7.98. The van der Waals surface area contributed by atoms with Gasteiger partial charge < -0.3 is 14.4 Å². The van der Waals surface area contributed by atoms with Crippen LogP contribution in [0.15, 0.2) is 30.3 Å². The molecule has 0 bridgehead atoms. The number of hydrogen-bond donors (Lipinski definition) is 0. The zero-order valence-electron chi connectivity index (χ0n) is 7.98. The van der Waals surface area contributed by atoms with E-state index in [9.17, 15) is 0 Å². The lowest BCUT2D eigenvalue weighted by Gasteiger charge is -2.44. The summed E-state index contributed by atoms with van der Waals surface area (Å²) < 4.78 is 11.0. The number of ether oxygens (including phenoxy) is 2. The molecule has 1 aromatic carbocycles. The van der Waals surface area contributed by atoms with Gasteiger partial charge in [0.1, 0.15) is 0 Å². The zero-order chi connectivity index (χ0) is 9.43. The third-order valence-corrected chi connectivity index (χ3v) is 2.90. The van der Waals surface area contributed by atoms with Crippen molar-refractivity contribution in [2.75, 3.05) is 31.3 Å². The summed E-state index contributed by atoms with van der Waals surface area (Å²) in [5, 5.41) is 0. The van der Waals surface area contributed by atoms with Crippen molar-refractivity contribution in [1.29, 1.82) is 0 Å². The molecule has 0 N–H and O–H groups in total. The number of para-hydroxylation sites is 1. The molecule has 1 spiro atoms. The summed E-state index contributed by atoms with van der Waals surface area (Å²) in [5.74, 6) is 0. The van der Waals surface area contributed by atoms with Crippen LogP contribution in [-0.2, 0) is 9.47 Å². The number of hydrogen-bond acceptors (Lipinski definition) is 3. The van der Waals surface area contributed by atoms with Gasteiger partial charge in [0.2, 0.25) is 0 Å². The Labute approximate surface area is 83.2 Å². The second kappa shape index (κ2) is 2.97. The van der Waals surface area contributed by atoms with Crippen molar-refractivity contribution in [2.24, 2.45) is 0 Å². The summed E-state index contributed by atoms with van der Waals surface area (Å²) in [5.41, 5.74) is 1.08. The Kier molecular flexibility index (Phi) is 1.75. The van der Waals surface area contributed by atoms with Crippen LogP contribution in [0, 0.1) is 0 Å². The topological polar surface area (TPSA) is 21.7 Å². The van der Waals surface area contributed by atoms with Crippen molar-refractivity contribution in [3.8, 4) is 0 Å². The molecule has 3 rings (SSSR count). The Morgan fingerprint density at radius 1 is 1.14 bits per heavy atom. The molecule has 0 atom stereocenters. The van der Waals surface area contributed by atoms with Gasteiger partial charge in [0, 0.05) is 12.2 Å². The smallest absolute Gasteiger partial charge is 0.188 e. The first-order valence-corrected chi connectivity index (χ1v) is 4.95. The second-order valence-electron chi connectivity index (χ2n) is 3.77. The van der Waals surface area contributed by atoms with Crippen LogP contribution in [-0.4, -0.2) is 32.1 Å². The summed E-state index contributed by atoms with van der Waals surface area (Å²) in [6.07, 6.45) is 0. The number of benzene rings is 1. The van der Waals surface area contributed by atoms with E-state index in [0.717, 1.165) is 13.2 Å². The summed E-state index contributed by atoms with van der Waals surface area (Å²) in [4.78, 5) is 2.30. The minimum atomic E-state index is -0.151. The number of rotatable bonds is 1. The third kappa shape index (κ3) is 1.06. The third-order valence-electron chi connectivity index (χ3n) is 2.90. The van der Waals surface area contributed by atoms with Gasteiger partial charge in [-0.3, -0.25) is 0 Å².